The van der Waals surface area contributed by atoms with E-state index < -0.39 is 0 Å². The minimum absolute atomic E-state index is 0.149. The molecule has 0 aliphatic rings. The molecule has 0 saturated carbocycles. The summed E-state index contributed by atoms with van der Waals surface area (Å²) in [6, 6.07) is 4.86. The number of halogens is 2. The SMILES string of the molecule is C=CCNC(=O)CCN(C(C)=O)c1cc(Cl)cc(Cl)c1. The molecule has 20 heavy (non-hydrogen) atoms. The number of amides is 2. The van der Waals surface area contributed by atoms with Crippen molar-refractivity contribution in [3.63, 3.8) is 0 Å². The molecule has 6 heteroatoms. The number of carbonyl (C=O) groups is 2. The molecule has 0 heterocycles. The minimum atomic E-state index is -0.181. The average Bonchev–Trinajstić information content (AvgIpc) is 2.35. The number of hydrogen-bond acceptors (Lipinski definition) is 2. The van der Waals surface area contributed by atoms with Crippen LogP contribution in [0.2, 0.25) is 10.0 Å². The van der Waals surface area contributed by atoms with Crippen molar-refractivity contribution in [3.8, 4) is 0 Å². The summed E-state index contributed by atoms with van der Waals surface area (Å²) >= 11 is 11.8. The van der Waals surface area contributed by atoms with Crippen molar-refractivity contribution in [3.05, 3.63) is 40.9 Å². The molecule has 1 aromatic rings. The van der Waals surface area contributed by atoms with E-state index in [1.54, 1.807) is 24.3 Å². The van der Waals surface area contributed by atoms with Crippen molar-refractivity contribution >= 4 is 40.7 Å². The molecule has 0 aromatic heterocycles. The maximum absolute atomic E-state index is 11.7. The molecule has 0 aliphatic carbocycles. The Bertz CT molecular complexity index is 498. The van der Waals surface area contributed by atoms with Crippen molar-refractivity contribution in [2.75, 3.05) is 18.0 Å². The van der Waals surface area contributed by atoms with Crippen molar-refractivity contribution < 1.29 is 9.59 Å². The number of hydrogen-bond donors (Lipinski definition) is 1. The second kappa shape index (κ2) is 7.92. The Morgan fingerprint density at radius 3 is 2.40 bits per heavy atom. The first-order valence-corrected chi connectivity index (χ1v) is 6.81. The second-order valence-corrected chi connectivity index (χ2v) is 5.01. The molecule has 0 atom stereocenters. The van der Waals surface area contributed by atoms with Crippen molar-refractivity contribution in [2.24, 2.45) is 0 Å². The topological polar surface area (TPSA) is 49.4 Å². The Morgan fingerprint density at radius 2 is 1.90 bits per heavy atom. The summed E-state index contributed by atoms with van der Waals surface area (Å²) in [5, 5.41) is 3.53. The number of carbonyl (C=O) groups excluding carboxylic acids is 2. The first-order chi connectivity index (χ1) is 9.43. The summed E-state index contributed by atoms with van der Waals surface area (Å²) in [5.41, 5.74) is 0.575. The zero-order valence-corrected chi connectivity index (χ0v) is 12.7. The molecule has 1 N–H and O–H groups in total. The van der Waals surface area contributed by atoms with Crippen LogP contribution in [0.25, 0.3) is 0 Å². The molecule has 4 nitrogen and oxygen atoms in total. The summed E-state index contributed by atoms with van der Waals surface area (Å²) in [6.45, 7) is 5.61. The van der Waals surface area contributed by atoms with Gasteiger partial charge < -0.3 is 10.2 Å². The van der Waals surface area contributed by atoms with Crippen LogP contribution >= 0.6 is 23.2 Å². The maximum Gasteiger partial charge on any atom is 0.223 e. The number of nitrogens with zero attached hydrogens (tertiary/aromatic N) is 1. The fraction of sp³-hybridized carbons (Fsp3) is 0.286. The van der Waals surface area contributed by atoms with Crippen LogP contribution in [0.1, 0.15) is 13.3 Å². The summed E-state index contributed by atoms with van der Waals surface area (Å²) in [7, 11) is 0. The van der Waals surface area contributed by atoms with Gasteiger partial charge in [0.05, 0.1) is 0 Å². The van der Waals surface area contributed by atoms with E-state index in [4.69, 9.17) is 23.2 Å². The highest BCUT2D eigenvalue weighted by Crippen LogP contribution is 2.25. The largest absolute Gasteiger partial charge is 0.353 e. The average molecular weight is 315 g/mol. The van der Waals surface area contributed by atoms with E-state index in [1.807, 2.05) is 0 Å². The third-order valence-electron chi connectivity index (χ3n) is 2.55. The van der Waals surface area contributed by atoms with E-state index in [9.17, 15) is 9.59 Å². The van der Waals surface area contributed by atoms with Gasteiger partial charge in [-0.3, -0.25) is 9.59 Å². The van der Waals surface area contributed by atoms with Gasteiger partial charge in [-0.15, -0.1) is 6.58 Å². The van der Waals surface area contributed by atoms with E-state index in [1.165, 1.54) is 11.8 Å². The van der Waals surface area contributed by atoms with Crippen LogP contribution in [0.15, 0.2) is 30.9 Å². The van der Waals surface area contributed by atoms with Gasteiger partial charge in [-0.2, -0.15) is 0 Å². The molecule has 0 fully saturated rings. The lowest BCUT2D eigenvalue weighted by Crippen LogP contribution is -2.33. The van der Waals surface area contributed by atoms with Gasteiger partial charge in [0.15, 0.2) is 0 Å². The van der Waals surface area contributed by atoms with Gasteiger partial charge in [0.2, 0.25) is 11.8 Å². The van der Waals surface area contributed by atoms with E-state index >= 15 is 0 Å². The highest BCUT2D eigenvalue weighted by molar-refractivity contribution is 6.35. The van der Waals surface area contributed by atoms with Crippen LogP contribution in [0.5, 0.6) is 0 Å². The van der Waals surface area contributed by atoms with E-state index in [2.05, 4.69) is 11.9 Å². The lowest BCUT2D eigenvalue weighted by Gasteiger charge is -2.21. The van der Waals surface area contributed by atoms with E-state index in [0.717, 1.165) is 0 Å². The van der Waals surface area contributed by atoms with Gasteiger partial charge in [0.25, 0.3) is 0 Å². The number of benzene rings is 1. The maximum atomic E-state index is 11.7. The van der Waals surface area contributed by atoms with Crippen LogP contribution in [-0.2, 0) is 9.59 Å². The van der Waals surface area contributed by atoms with Gasteiger partial charge in [-0.05, 0) is 18.2 Å². The highest BCUT2D eigenvalue weighted by atomic mass is 35.5. The van der Waals surface area contributed by atoms with Crippen LogP contribution in [0.3, 0.4) is 0 Å². The zero-order chi connectivity index (χ0) is 15.1. The predicted molar refractivity (Wildman–Crippen MR) is 82.3 cm³/mol. The van der Waals surface area contributed by atoms with Crippen molar-refractivity contribution in [1.82, 2.24) is 5.32 Å². The van der Waals surface area contributed by atoms with Crippen LogP contribution in [0, 0.1) is 0 Å². The standard InChI is InChI=1S/C14H16Cl2N2O2/c1-3-5-17-14(20)4-6-18(10(2)19)13-8-11(15)7-12(16)9-13/h3,7-9H,1,4-6H2,2H3,(H,17,20). The fourth-order valence-corrected chi connectivity index (χ4v) is 2.17. The number of rotatable bonds is 6. The summed E-state index contributed by atoms with van der Waals surface area (Å²) in [5.74, 6) is -0.330. The molecule has 1 rings (SSSR count). The third-order valence-corrected chi connectivity index (χ3v) is 2.98. The molecule has 0 saturated heterocycles. The van der Waals surface area contributed by atoms with Gasteiger partial charge in [-0.25, -0.2) is 0 Å². The van der Waals surface area contributed by atoms with Gasteiger partial charge in [-0.1, -0.05) is 29.3 Å². The normalized spacial score (nSPS) is 9.95. The molecule has 0 aliphatic heterocycles. The Balaban J connectivity index is 2.76. The monoisotopic (exact) mass is 314 g/mol. The highest BCUT2D eigenvalue weighted by Gasteiger charge is 2.14. The van der Waals surface area contributed by atoms with Crippen LogP contribution in [-0.4, -0.2) is 24.9 Å². The summed E-state index contributed by atoms with van der Waals surface area (Å²) < 4.78 is 0. The molecule has 2 amide bonds. The van der Waals surface area contributed by atoms with Gasteiger partial charge in [0, 0.05) is 42.2 Å². The predicted octanol–water partition coefficient (Wildman–Crippen LogP) is 3.04. The number of anilines is 1. The Kier molecular flexibility index (Phi) is 6.55. The summed E-state index contributed by atoms with van der Waals surface area (Å²) in [6.07, 6.45) is 1.79. The van der Waals surface area contributed by atoms with Gasteiger partial charge in [0.1, 0.15) is 0 Å². The first-order valence-electron chi connectivity index (χ1n) is 6.06. The van der Waals surface area contributed by atoms with Crippen molar-refractivity contribution in [2.45, 2.75) is 13.3 Å². The van der Waals surface area contributed by atoms with Crippen molar-refractivity contribution in [1.29, 1.82) is 0 Å². The van der Waals surface area contributed by atoms with E-state index in [0.29, 0.717) is 22.3 Å². The molecule has 0 unspecified atom stereocenters. The lowest BCUT2D eigenvalue weighted by atomic mass is 10.2. The lowest BCUT2D eigenvalue weighted by molar-refractivity contribution is -0.120. The first kappa shape index (κ1) is 16.5. The Hall–Kier alpha value is -1.52. The molecule has 0 radical (unpaired) electrons. The molecule has 1 aromatic carbocycles. The van der Waals surface area contributed by atoms with Crippen LogP contribution < -0.4 is 10.2 Å². The quantitative estimate of drug-likeness (QED) is 0.820. The molecular weight excluding hydrogens is 299 g/mol. The Morgan fingerprint density at radius 1 is 1.30 bits per heavy atom. The zero-order valence-electron chi connectivity index (χ0n) is 11.2. The van der Waals surface area contributed by atoms with Crippen LogP contribution in [0.4, 0.5) is 5.69 Å². The van der Waals surface area contributed by atoms with Gasteiger partial charge >= 0.3 is 0 Å². The fourth-order valence-electron chi connectivity index (χ4n) is 1.65. The number of nitrogens with one attached hydrogen (secondary N) is 1. The molecule has 0 spiro atoms. The smallest absolute Gasteiger partial charge is 0.223 e. The van der Waals surface area contributed by atoms with E-state index in [-0.39, 0.29) is 24.8 Å². The molecule has 0 bridgehead atoms. The molecule has 108 valence electrons. The molecular formula is C14H16Cl2N2O2. The third kappa shape index (κ3) is 5.23. The minimum Gasteiger partial charge on any atom is -0.353 e. The second-order valence-electron chi connectivity index (χ2n) is 4.14. The Labute approximate surface area is 128 Å². The summed E-state index contributed by atoms with van der Waals surface area (Å²) in [4.78, 5) is 24.7.